The Hall–Kier alpha value is -1.69. The normalized spacial score (nSPS) is 24.3. The molecule has 2 atom stereocenters. The summed E-state index contributed by atoms with van der Waals surface area (Å²) in [4.78, 5) is 10.9. The van der Waals surface area contributed by atoms with Crippen molar-refractivity contribution < 1.29 is 9.53 Å². The average Bonchev–Trinajstić information content (AvgIpc) is 2.56. The molecule has 98 valence electrons. The highest BCUT2D eigenvalue weighted by molar-refractivity contribution is 5.90. The summed E-state index contributed by atoms with van der Waals surface area (Å²) in [5.74, 6) is -0.206. The molecule has 2 rings (SSSR count). The van der Waals surface area contributed by atoms with Gasteiger partial charge in [0.25, 0.3) is 5.91 Å². The van der Waals surface area contributed by atoms with Crippen molar-refractivity contribution in [3.8, 4) is 5.88 Å². The van der Waals surface area contributed by atoms with E-state index in [4.69, 9.17) is 16.2 Å². The van der Waals surface area contributed by atoms with Crippen molar-refractivity contribution in [2.45, 2.75) is 44.2 Å². The predicted octanol–water partition coefficient (Wildman–Crippen LogP) is 0.614. The zero-order chi connectivity index (χ0) is 13.0. The molecule has 0 aliphatic heterocycles. The third-order valence-electron chi connectivity index (χ3n) is 3.17. The zero-order valence-corrected chi connectivity index (χ0v) is 10.2. The number of nitrogens with two attached hydrogens (primary N) is 2. The van der Waals surface area contributed by atoms with E-state index in [0.717, 1.165) is 25.7 Å². The van der Waals surface area contributed by atoms with Crippen molar-refractivity contribution in [2.75, 3.05) is 0 Å². The summed E-state index contributed by atoms with van der Waals surface area (Å²) in [5, 5.41) is 7.53. The van der Waals surface area contributed by atoms with Gasteiger partial charge in [-0.15, -0.1) is 10.2 Å². The largest absolute Gasteiger partial charge is 0.472 e. The molecule has 1 amide bonds. The van der Waals surface area contributed by atoms with Gasteiger partial charge in [-0.05, 0) is 25.3 Å². The first-order valence-electron chi connectivity index (χ1n) is 6.22. The van der Waals surface area contributed by atoms with Crippen LogP contribution in [0.2, 0.25) is 0 Å². The summed E-state index contributed by atoms with van der Waals surface area (Å²) in [6, 6.07) is 3.14. The second-order valence-electron chi connectivity index (χ2n) is 4.58. The number of hydrogen-bond acceptors (Lipinski definition) is 5. The monoisotopic (exact) mass is 250 g/mol. The van der Waals surface area contributed by atoms with E-state index >= 15 is 0 Å². The molecule has 1 aliphatic carbocycles. The van der Waals surface area contributed by atoms with E-state index in [0.29, 0.717) is 5.88 Å². The second-order valence-corrected chi connectivity index (χ2v) is 4.58. The highest BCUT2D eigenvalue weighted by Gasteiger charge is 2.22. The van der Waals surface area contributed by atoms with Crippen molar-refractivity contribution in [1.29, 1.82) is 0 Å². The Morgan fingerprint density at radius 2 is 2.00 bits per heavy atom. The number of rotatable bonds is 3. The summed E-state index contributed by atoms with van der Waals surface area (Å²) < 4.78 is 5.73. The summed E-state index contributed by atoms with van der Waals surface area (Å²) in [7, 11) is 0. The molecule has 1 aromatic heterocycles. The molecule has 6 heteroatoms. The van der Waals surface area contributed by atoms with Crippen LogP contribution >= 0.6 is 0 Å². The van der Waals surface area contributed by atoms with E-state index < -0.39 is 5.91 Å². The molecule has 1 fully saturated rings. The van der Waals surface area contributed by atoms with Crippen LogP contribution in [0.1, 0.15) is 42.6 Å². The van der Waals surface area contributed by atoms with E-state index in [1.165, 1.54) is 12.5 Å². The van der Waals surface area contributed by atoms with Gasteiger partial charge in [0.2, 0.25) is 5.88 Å². The van der Waals surface area contributed by atoms with E-state index in [9.17, 15) is 4.79 Å². The molecule has 0 spiro atoms. The summed E-state index contributed by atoms with van der Waals surface area (Å²) in [6.07, 6.45) is 5.33. The number of amides is 1. The van der Waals surface area contributed by atoms with Gasteiger partial charge >= 0.3 is 0 Å². The summed E-state index contributed by atoms with van der Waals surface area (Å²) >= 11 is 0. The van der Waals surface area contributed by atoms with Gasteiger partial charge in [0.05, 0.1) is 0 Å². The third kappa shape index (κ3) is 3.16. The Labute approximate surface area is 106 Å². The lowest BCUT2D eigenvalue weighted by atomic mass is 10.1. The Morgan fingerprint density at radius 3 is 2.67 bits per heavy atom. The van der Waals surface area contributed by atoms with Crippen LogP contribution in [-0.4, -0.2) is 28.3 Å². The Kier molecular flexibility index (Phi) is 4.09. The number of ether oxygens (including phenoxy) is 1. The molecule has 6 nitrogen and oxygen atoms in total. The molecule has 0 radical (unpaired) electrons. The van der Waals surface area contributed by atoms with Crippen LogP contribution in [0.3, 0.4) is 0 Å². The molecule has 1 saturated carbocycles. The minimum Gasteiger partial charge on any atom is -0.472 e. The van der Waals surface area contributed by atoms with Crippen LogP contribution in [0.5, 0.6) is 5.88 Å². The quantitative estimate of drug-likeness (QED) is 0.765. The number of primary amides is 1. The molecule has 0 bridgehead atoms. The molecule has 1 aromatic rings. The zero-order valence-electron chi connectivity index (χ0n) is 10.2. The average molecular weight is 250 g/mol. The van der Waals surface area contributed by atoms with Crippen molar-refractivity contribution in [2.24, 2.45) is 11.5 Å². The van der Waals surface area contributed by atoms with Gasteiger partial charge in [-0.25, -0.2) is 0 Å². The number of hydrogen-bond donors (Lipinski definition) is 2. The Bertz CT molecular complexity index is 407. The first-order valence-corrected chi connectivity index (χ1v) is 6.22. The highest BCUT2D eigenvalue weighted by atomic mass is 16.5. The fraction of sp³-hybridized carbons (Fsp3) is 0.583. The number of carbonyl (C=O) groups is 1. The van der Waals surface area contributed by atoms with Gasteiger partial charge in [0.1, 0.15) is 6.10 Å². The molecule has 1 heterocycles. The highest BCUT2D eigenvalue weighted by Crippen LogP contribution is 2.20. The lowest BCUT2D eigenvalue weighted by molar-refractivity contribution is 0.0993. The van der Waals surface area contributed by atoms with Crippen molar-refractivity contribution >= 4 is 5.91 Å². The smallest absolute Gasteiger partial charge is 0.269 e. The number of nitrogens with zero attached hydrogens (tertiary/aromatic N) is 2. The maximum absolute atomic E-state index is 10.9. The van der Waals surface area contributed by atoms with Crippen LogP contribution in [0.25, 0.3) is 0 Å². The maximum atomic E-state index is 10.9. The van der Waals surface area contributed by atoms with Gasteiger partial charge in [-0.2, -0.15) is 0 Å². The van der Waals surface area contributed by atoms with Crippen LogP contribution in [0.15, 0.2) is 12.1 Å². The molecule has 2 unspecified atom stereocenters. The molecule has 0 aromatic carbocycles. The van der Waals surface area contributed by atoms with Crippen LogP contribution in [0.4, 0.5) is 0 Å². The lowest BCUT2D eigenvalue weighted by Crippen LogP contribution is -2.38. The van der Waals surface area contributed by atoms with E-state index in [2.05, 4.69) is 10.2 Å². The molecule has 0 saturated heterocycles. The minimum absolute atomic E-state index is 0.0266. The molecule has 1 aliphatic rings. The van der Waals surface area contributed by atoms with Gasteiger partial charge in [-0.3, -0.25) is 4.79 Å². The van der Waals surface area contributed by atoms with E-state index in [1.54, 1.807) is 6.07 Å². The maximum Gasteiger partial charge on any atom is 0.269 e. The van der Waals surface area contributed by atoms with Crippen molar-refractivity contribution in [1.82, 2.24) is 10.2 Å². The minimum atomic E-state index is -0.597. The van der Waals surface area contributed by atoms with Crippen molar-refractivity contribution in [3.05, 3.63) is 17.8 Å². The summed E-state index contributed by atoms with van der Waals surface area (Å²) in [5.41, 5.74) is 11.3. The van der Waals surface area contributed by atoms with Crippen molar-refractivity contribution in [3.63, 3.8) is 0 Å². The molecule has 18 heavy (non-hydrogen) atoms. The number of aromatic nitrogens is 2. The Balaban J connectivity index is 2.01. The Morgan fingerprint density at radius 1 is 1.22 bits per heavy atom. The fourth-order valence-electron chi connectivity index (χ4n) is 2.12. The van der Waals surface area contributed by atoms with E-state index in [1.807, 2.05) is 0 Å². The lowest BCUT2D eigenvalue weighted by Gasteiger charge is -2.21. The molecule has 4 N–H and O–H groups in total. The topological polar surface area (TPSA) is 104 Å². The van der Waals surface area contributed by atoms with E-state index in [-0.39, 0.29) is 17.8 Å². The van der Waals surface area contributed by atoms with Crippen LogP contribution < -0.4 is 16.2 Å². The summed E-state index contributed by atoms with van der Waals surface area (Å²) in [6.45, 7) is 0. The first-order chi connectivity index (χ1) is 8.66. The molecular formula is C12H18N4O2. The van der Waals surface area contributed by atoms with Gasteiger partial charge in [0.15, 0.2) is 5.69 Å². The third-order valence-corrected chi connectivity index (χ3v) is 3.17. The van der Waals surface area contributed by atoms with Crippen LogP contribution in [-0.2, 0) is 0 Å². The van der Waals surface area contributed by atoms with Gasteiger partial charge < -0.3 is 16.2 Å². The molecular weight excluding hydrogens is 232 g/mol. The SMILES string of the molecule is NC(=O)c1ccc(OC2CCCCCC2N)nn1. The standard InChI is InChI=1S/C12H18N4O2/c13-8-4-2-1-3-5-10(8)18-11-7-6-9(12(14)17)15-16-11/h6-8,10H,1-5,13H2,(H2,14,17). The second kappa shape index (κ2) is 5.77. The van der Waals surface area contributed by atoms with Gasteiger partial charge in [0, 0.05) is 12.1 Å². The fourth-order valence-corrected chi connectivity index (χ4v) is 2.12. The van der Waals surface area contributed by atoms with Gasteiger partial charge in [-0.1, -0.05) is 12.8 Å². The first kappa shape index (κ1) is 12.8. The van der Waals surface area contributed by atoms with Crippen LogP contribution in [0, 0.1) is 0 Å². The predicted molar refractivity (Wildman–Crippen MR) is 66.0 cm³/mol. The number of carbonyl (C=O) groups excluding carboxylic acids is 1.